The fourth-order valence-electron chi connectivity index (χ4n) is 1.05. The Morgan fingerprint density at radius 3 is 2.50 bits per heavy atom. The summed E-state index contributed by atoms with van der Waals surface area (Å²) in [5.74, 6) is 0.276. The molecule has 0 aliphatic heterocycles. The van der Waals surface area contributed by atoms with Gasteiger partial charge in [0.05, 0.1) is 18.2 Å². The van der Waals surface area contributed by atoms with Crippen molar-refractivity contribution in [3.05, 3.63) is 36.8 Å². The number of imidazole rings is 1. The van der Waals surface area contributed by atoms with Crippen molar-refractivity contribution >= 4 is 0 Å². The van der Waals surface area contributed by atoms with Crippen LogP contribution in [-0.2, 0) is 0 Å². The number of hydrogen-bond donors (Lipinski definition) is 2. The maximum absolute atomic E-state index is 9.03. The summed E-state index contributed by atoms with van der Waals surface area (Å²) in [6, 6.07) is 6.97. The van der Waals surface area contributed by atoms with Crippen molar-refractivity contribution in [3.63, 3.8) is 0 Å². The number of nitrogens with zero attached hydrogens (tertiary/aromatic N) is 1. The molecule has 1 aromatic heterocycles. The van der Waals surface area contributed by atoms with Crippen molar-refractivity contribution in [2.45, 2.75) is 0 Å². The van der Waals surface area contributed by atoms with Gasteiger partial charge in [-0.25, -0.2) is 4.98 Å². The molecule has 2 rings (SSSR count). The zero-order valence-corrected chi connectivity index (χ0v) is 6.36. The van der Waals surface area contributed by atoms with Gasteiger partial charge in [0.25, 0.3) is 0 Å². The highest BCUT2D eigenvalue weighted by Gasteiger charge is 1.96. The summed E-state index contributed by atoms with van der Waals surface area (Å²) in [4.78, 5) is 6.88. The standard InChI is InChI=1S/C9H8N2O/c12-8-3-1-7(2-4-8)9-5-10-6-11-9/h1-6,12H,(H,10,11). The second kappa shape index (κ2) is 2.70. The Balaban J connectivity index is 2.43. The third kappa shape index (κ3) is 1.16. The number of phenols is 1. The molecule has 1 aromatic carbocycles. The van der Waals surface area contributed by atoms with Crippen LogP contribution in [0.4, 0.5) is 0 Å². The Morgan fingerprint density at radius 1 is 1.17 bits per heavy atom. The first-order valence-electron chi connectivity index (χ1n) is 3.64. The summed E-state index contributed by atoms with van der Waals surface area (Å²) in [6.07, 6.45) is 3.37. The molecule has 0 aliphatic rings. The lowest BCUT2D eigenvalue weighted by atomic mass is 10.2. The minimum atomic E-state index is 0.276. The fraction of sp³-hybridized carbons (Fsp3) is 0. The fourth-order valence-corrected chi connectivity index (χ4v) is 1.05. The molecule has 1 heterocycles. The van der Waals surface area contributed by atoms with Crippen LogP contribution >= 0.6 is 0 Å². The van der Waals surface area contributed by atoms with E-state index < -0.39 is 0 Å². The van der Waals surface area contributed by atoms with Crippen LogP contribution in [0.25, 0.3) is 11.3 Å². The molecule has 2 N–H and O–H groups in total. The Hall–Kier alpha value is -1.77. The molecule has 12 heavy (non-hydrogen) atoms. The van der Waals surface area contributed by atoms with Gasteiger partial charge in [-0.1, -0.05) is 0 Å². The molecule has 3 heteroatoms. The lowest BCUT2D eigenvalue weighted by Crippen LogP contribution is -1.74. The lowest BCUT2D eigenvalue weighted by Gasteiger charge is -1.96. The van der Waals surface area contributed by atoms with Crippen LogP contribution in [0.5, 0.6) is 5.75 Å². The summed E-state index contributed by atoms with van der Waals surface area (Å²) in [5, 5.41) is 9.03. The van der Waals surface area contributed by atoms with E-state index in [-0.39, 0.29) is 5.75 Å². The molecule has 0 unspecified atom stereocenters. The first kappa shape index (κ1) is 6.91. The van der Waals surface area contributed by atoms with Gasteiger partial charge in [-0.05, 0) is 29.8 Å². The van der Waals surface area contributed by atoms with E-state index in [4.69, 9.17) is 5.11 Å². The van der Waals surface area contributed by atoms with Crippen molar-refractivity contribution in [3.8, 4) is 17.0 Å². The molecule has 60 valence electrons. The molecule has 2 aromatic rings. The number of aromatic amines is 1. The predicted molar refractivity (Wildman–Crippen MR) is 45.7 cm³/mol. The van der Waals surface area contributed by atoms with Crippen LogP contribution in [0.15, 0.2) is 36.8 Å². The first-order chi connectivity index (χ1) is 5.86. The molecule has 3 nitrogen and oxygen atoms in total. The summed E-state index contributed by atoms with van der Waals surface area (Å²) in [5.41, 5.74) is 1.97. The first-order valence-corrected chi connectivity index (χ1v) is 3.64. The van der Waals surface area contributed by atoms with E-state index in [0.717, 1.165) is 11.3 Å². The van der Waals surface area contributed by atoms with Crippen LogP contribution < -0.4 is 0 Å². The topological polar surface area (TPSA) is 48.9 Å². The lowest BCUT2D eigenvalue weighted by molar-refractivity contribution is 0.475. The quantitative estimate of drug-likeness (QED) is 0.668. The van der Waals surface area contributed by atoms with Gasteiger partial charge < -0.3 is 10.1 Å². The van der Waals surface area contributed by atoms with Gasteiger partial charge in [0.1, 0.15) is 5.75 Å². The van der Waals surface area contributed by atoms with E-state index >= 15 is 0 Å². The molecule has 0 spiro atoms. The number of nitrogens with one attached hydrogen (secondary N) is 1. The highest BCUT2D eigenvalue weighted by Crippen LogP contribution is 2.18. The summed E-state index contributed by atoms with van der Waals surface area (Å²) in [6.45, 7) is 0. The summed E-state index contributed by atoms with van der Waals surface area (Å²) in [7, 11) is 0. The normalized spacial score (nSPS) is 10.0. The SMILES string of the molecule is Oc1ccc(-c2cnc[nH]2)cc1. The van der Waals surface area contributed by atoms with Crippen molar-refractivity contribution in [1.82, 2.24) is 9.97 Å². The van der Waals surface area contributed by atoms with Crippen LogP contribution in [0.1, 0.15) is 0 Å². The number of aromatic hydroxyl groups is 1. The van der Waals surface area contributed by atoms with Gasteiger partial charge in [0.2, 0.25) is 0 Å². The van der Waals surface area contributed by atoms with Gasteiger partial charge in [0.15, 0.2) is 0 Å². The van der Waals surface area contributed by atoms with Gasteiger partial charge in [-0.2, -0.15) is 0 Å². The predicted octanol–water partition coefficient (Wildman–Crippen LogP) is 1.78. The van der Waals surface area contributed by atoms with Crippen LogP contribution in [0.3, 0.4) is 0 Å². The Labute approximate surface area is 69.7 Å². The van der Waals surface area contributed by atoms with Crippen molar-refractivity contribution < 1.29 is 5.11 Å². The number of H-pyrrole nitrogens is 1. The van der Waals surface area contributed by atoms with Crippen molar-refractivity contribution in [1.29, 1.82) is 0 Å². The molecule has 0 aliphatic carbocycles. The molecule has 0 fully saturated rings. The van der Waals surface area contributed by atoms with Gasteiger partial charge in [-0.15, -0.1) is 0 Å². The van der Waals surface area contributed by atoms with E-state index in [9.17, 15) is 0 Å². The highest BCUT2D eigenvalue weighted by molar-refractivity contribution is 5.58. The highest BCUT2D eigenvalue weighted by atomic mass is 16.3. The van der Waals surface area contributed by atoms with Crippen LogP contribution in [0, 0.1) is 0 Å². The van der Waals surface area contributed by atoms with E-state index in [1.165, 1.54) is 0 Å². The van der Waals surface area contributed by atoms with Crippen LogP contribution in [-0.4, -0.2) is 15.1 Å². The Morgan fingerprint density at radius 2 is 1.92 bits per heavy atom. The van der Waals surface area contributed by atoms with E-state index in [2.05, 4.69) is 9.97 Å². The number of rotatable bonds is 1. The second-order valence-electron chi connectivity index (χ2n) is 2.51. The number of phenolic OH excluding ortho intramolecular Hbond substituents is 1. The zero-order valence-electron chi connectivity index (χ0n) is 6.36. The number of aromatic nitrogens is 2. The molecule has 0 saturated carbocycles. The molecule has 0 saturated heterocycles. The monoisotopic (exact) mass is 160 g/mol. The zero-order chi connectivity index (χ0) is 8.39. The minimum Gasteiger partial charge on any atom is -0.508 e. The number of hydrogen-bond acceptors (Lipinski definition) is 2. The second-order valence-corrected chi connectivity index (χ2v) is 2.51. The molecule has 0 amide bonds. The van der Waals surface area contributed by atoms with E-state index in [1.807, 2.05) is 12.1 Å². The molecular weight excluding hydrogens is 152 g/mol. The average molecular weight is 160 g/mol. The Bertz CT molecular complexity index is 351. The van der Waals surface area contributed by atoms with Crippen LogP contribution in [0.2, 0.25) is 0 Å². The largest absolute Gasteiger partial charge is 0.508 e. The molecule has 0 bridgehead atoms. The Kier molecular flexibility index (Phi) is 1.55. The van der Waals surface area contributed by atoms with Gasteiger partial charge >= 0.3 is 0 Å². The third-order valence-corrected chi connectivity index (χ3v) is 1.68. The van der Waals surface area contributed by atoms with Crippen molar-refractivity contribution in [2.24, 2.45) is 0 Å². The number of benzene rings is 1. The van der Waals surface area contributed by atoms with E-state index in [0.29, 0.717) is 0 Å². The maximum Gasteiger partial charge on any atom is 0.115 e. The van der Waals surface area contributed by atoms with Gasteiger partial charge in [0, 0.05) is 0 Å². The van der Waals surface area contributed by atoms with E-state index in [1.54, 1.807) is 24.7 Å². The molecule has 0 radical (unpaired) electrons. The minimum absolute atomic E-state index is 0.276. The van der Waals surface area contributed by atoms with Gasteiger partial charge in [-0.3, -0.25) is 0 Å². The molecule has 0 atom stereocenters. The third-order valence-electron chi connectivity index (χ3n) is 1.68. The summed E-state index contributed by atoms with van der Waals surface area (Å²) < 4.78 is 0. The van der Waals surface area contributed by atoms with Crippen molar-refractivity contribution in [2.75, 3.05) is 0 Å². The average Bonchev–Trinajstić information content (AvgIpc) is 2.58. The molecular formula is C9H8N2O. The maximum atomic E-state index is 9.03. The smallest absolute Gasteiger partial charge is 0.115 e. The summed E-state index contributed by atoms with van der Waals surface area (Å²) >= 11 is 0.